The summed E-state index contributed by atoms with van der Waals surface area (Å²) in [4.78, 5) is 15.0. The van der Waals surface area contributed by atoms with E-state index >= 15 is 0 Å². The van der Waals surface area contributed by atoms with Crippen LogP contribution in [0.2, 0.25) is 0 Å². The highest BCUT2D eigenvalue weighted by molar-refractivity contribution is 8.00. The summed E-state index contributed by atoms with van der Waals surface area (Å²) in [5.74, 6) is 0.492. The van der Waals surface area contributed by atoms with Crippen LogP contribution in [0, 0.1) is 0 Å². The second-order valence-electron chi connectivity index (χ2n) is 3.21. The van der Waals surface area contributed by atoms with Crippen LogP contribution in [0.4, 0.5) is 10.2 Å². The van der Waals surface area contributed by atoms with E-state index in [-0.39, 0.29) is 5.82 Å². The summed E-state index contributed by atoms with van der Waals surface area (Å²) >= 11 is 1.10. The first-order valence-corrected chi connectivity index (χ1v) is 5.56. The average molecular weight is 247 g/mol. The van der Waals surface area contributed by atoms with Crippen molar-refractivity contribution in [1.82, 2.24) is 9.55 Å². The Morgan fingerprint density at radius 1 is 1.81 bits per heavy atom. The van der Waals surface area contributed by atoms with Gasteiger partial charge in [0.1, 0.15) is 12.0 Å². The maximum absolute atomic E-state index is 12.5. The van der Waals surface area contributed by atoms with Crippen LogP contribution in [0.5, 0.6) is 0 Å². The number of thioether (sulfide) groups is 1. The van der Waals surface area contributed by atoms with E-state index in [1.165, 1.54) is 16.8 Å². The van der Waals surface area contributed by atoms with Crippen molar-refractivity contribution in [3.8, 4) is 0 Å². The molecule has 16 heavy (non-hydrogen) atoms. The van der Waals surface area contributed by atoms with Crippen molar-refractivity contribution in [2.45, 2.75) is 18.0 Å². The molecule has 1 saturated heterocycles. The van der Waals surface area contributed by atoms with Gasteiger partial charge in [-0.1, -0.05) is 0 Å². The number of rotatable bonds is 2. The van der Waals surface area contributed by atoms with E-state index < -0.39 is 23.7 Å². The van der Waals surface area contributed by atoms with E-state index in [9.17, 15) is 9.18 Å². The zero-order valence-electron chi connectivity index (χ0n) is 8.12. The molecule has 0 saturated carbocycles. The summed E-state index contributed by atoms with van der Waals surface area (Å²) in [6, 6.07) is 1.45. The topological polar surface area (TPSA) is 90.4 Å². The lowest BCUT2D eigenvalue weighted by molar-refractivity contribution is -0.0888. The fourth-order valence-corrected chi connectivity index (χ4v) is 2.30. The molecule has 2 rings (SSSR count). The number of aliphatic hydroxyl groups excluding tert-OH is 1. The molecular weight excluding hydrogens is 237 g/mol. The minimum absolute atomic E-state index is 0.119. The Kier molecular flexibility index (Phi) is 3.13. The molecule has 8 heteroatoms. The van der Waals surface area contributed by atoms with Crippen LogP contribution < -0.4 is 11.4 Å². The third-order valence-corrected chi connectivity index (χ3v) is 3.22. The number of nitrogen functional groups attached to an aromatic ring is 1. The SMILES string of the molecule is Nc1ccn([C@H]2CS[C@@H](C(O)F)O2)c(=O)n1. The number of nitrogens with zero attached hydrogens (tertiary/aromatic N) is 2. The maximum atomic E-state index is 12.5. The summed E-state index contributed by atoms with van der Waals surface area (Å²) < 4.78 is 18.9. The van der Waals surface area contributed by atoms with Gasteiger partial charge in [0.05, 0.1) is 0 Å². The lowest BCUT2D eigenvalue weighted by Gasteiger charge is -2.14. The minimum atomic E-state index is -2.06. The monoisotopic (exact) mass is 247 g/mol. The first kappa shape index (κ1) is 11.4. The number of aromatic nitrogens is 2. The van der Waals surface area contributed by atoms with Crippen LogP contribution in [-0.4, -0.2) is 32.2 Å². The van der Waals surface area contributed by atoms with Gasteiger partial charge < -0.3 is 15.6 Å². The van der Waals surface area contributed by atoms with Crippen molar-refractivity contribution in [2.24, 2.45) is 0 Å². The Hall–Kier alpha value is -1.12. The predicted octanol–water partition coefficient (Wildman–Crippen LogP) is -0.299. The molecule has 88 valence electrons. The Balaban J connectivity index is 2.18. The second kappa shape index (κ2) is 4.40. The van der Waals surface area contributed by atoms with Crippen molar-refractivity contribution in [1.29, 1.82) is 0 Å². The van der Waals surface area contributed by atoms with Crippen molar-refractivity contribution in [3.05, 3.63) is 22.7 Å². The van der Waals surface area contributed by atoms with Crippen molar-refractivity contribution in [3.63, 3.8) is 0 Å². The molecule has 1 fully saturated rings. The van der Waals surface area contributed by atoms with Crippen LogP contribution in [0.25, 0.3) is 0 Å². The quantitative estimate of drug-likeness (QED) is 0.745. The molecule has 3 atom stereocenters. The maximum Gasteiger partial charge on any atom is 0.351 e. The van der Waals surface area contributed by atoms with E-state index in [1.54, 1.807) is 0 Å². The highest BCUT2D eigenvalue weighted by Gasteiger charge is 2.32. The molecule has 0 aliphatic carbocycles. The third-order valence-electron chi connectivity index (χ3n) is 2.08. The van der Waals surface area contributed by atoms with E-state index in [0.29, 0.717) is 5.75 Å². The number of ether oxygens (including phenoxy) is 1. The molecule has 2 heterocycles. The molecule has 0 radical (unpaired) electrons. The Labute approximate surface area is 94.2 Å². The molecule has 6 nitrogen and oxygen atoms in total. The number of hydrogen-bond donors (Lipinski definition) is 2. The van der Waals surface area contributed by atoms with Crippen LogP contribution in [0.3, 0.4) is 0 Å². The number of hydrogen-bond acceptors (Lipinski definition) is 6. The summed E-state index contributed by atoms with van der Waals surface area (Å²) in [6.45, 7) is 0. The number of aliphatic hydroxyl groups is 1. The van der Waals surface area contributed by atoms with Gasteiger partial charge in [-0.25, -0.2) is 9.18 Å². The van der Waals surface area contributed by atoms with Gasteiger partial charge in [0, 0.05) is 11.9 Å². The van der Waals surface area contributed by atoms with E-state index in [0.717, 1.165) is 11.8 Å². The van der Waals surface area contributed by atoms with Gasteiger partial charge in [0.2, 0.25) is 6.36 Å². The first-order chi connectivity index (χ1) is 7.58. The van der Waals surface area contributed by atoms with Crippen molar-refractivity contribution in [2.75, 3.05) is 11.5 Å². The summed E-state index contributed by atoms with van der Waals surface area (Å²) in [5.41, 5.74) is 3.81. The molecule has 1 aromatic rings. The highest BCUT2D eigenvalue weighted by Crippen LogP contribution is 2.33. The molecule has 0 amide bonds. The highest BCUT2D eigenvalue weighted by atomic mass is 32.2. The van der Waals surface area contributed by atoms with Crippen LogP contribution in [0.1, 0.15) is 6.23 Å². The molecular formula is C8H10FN3O3S. The van der Waals surface area contributed by atoms with E-state index in [1.807, 2.05) is 0 Å². The molecule has 0 spiro atoms. The van der Waals surface area contributed by atoms with Gasteiger partial charge in [-0.15, -0.1) is 11.8 Å². The number of halogens is 1. The van der Waals surface area contributed by atoms with E-state index in [2.05, 4.69) is 4.98 Å². The fourth-order valence-electron chi connectivity index (χ4n) is 1.35. The van der Waals surface area contributed by atoms with Crippen molar-refractivity contribution < 1.29 is 14.2 Å². The van der Waals surface area contributed by atoms with Gasteiger partial charge in [-0.05, 0) is 6.07 Å². The molecule has 3 N–H and O–H groups in total. The Bertz CT molecular complexity index is 439. The van der Waals surface area contributed by atoms with Crippen LogP contribution in [-0.2, 0) is 4.74 Å². The standard InChI is InChI=1S/C8H10FN3O3S/c9-6(13)7-15-5(3-16-7)12-2-1-4(10)11-8(12)14/h1-2,5-7,13H,3H2,(H2,10,11,14)/t5-,6?,7+/m1/s1. The van der Waals surface area contributed by atoms with Gasteiger partial charge >= 0.3 is 5.69 Å². The van der Waals surface area contributed by atoms with Gasteiger partial charge in [0.15, 0.2) is 5.44 Å². The molecule has 1 aliphatic rings. The summed E-state index contributed by atoms with van der Waals surface area (Å²) in [5, 5.41) is 8.69. The van der Waals surface area contributed by atoms with E-state index in [4.69, 9.17) is 15.6 Å². The Morgan fingerprint density at radius 3 is 3.12 bits per heavy atom. The van der Waals surface area contributed by atoms with Gasteiger partial charge in [-0.3, -0.25) is 4.57 Å². The molecule has 1 unspecified atom stereocenters. The number of anilines is 1. The lowest BCUT2D eigenvalue weighted by Crippen LogP contribution is -2.29. The minimum Gasteiger partial charge on any atom is -0.383 e. The average Bonchev–Trinajstić information content (AvgIpc) is 2.66. The molecule has 0 bridgehead atoms. The lowest BCUT2D eigenvalue weighted by atomic mass is 10.5. The smallest absolute Gasteiger partial charge is 0.351 e. The molecule has 1 aliphatic heterocycles. The third kappa shape index (κ3) is 2.18. The largest absolute Gasteiger partial charge is 0.383 e. The summed E-state index contributed by atoms with van der Waals surface area (Å²) in [6.07, 6.45) is -1.25. The van der Waals surface area contributed by atoms with Gasteiger partial charge in [0.25, 0.3) is 0 Å². The number of nitrogens with two attached hydrogens (primary N) is 1. The number of alkyl halides is 1. The molecule has 0 aromatic carbocycles. The summed E-state index contributed by atoms with van der Waals surface area (Å²) in [7, 11) is 0. The second-order valence-corrected chi connectivity index (χ2v) is 4.34. The van der Waals surface area contributed by atoms with Gasteiger partial charge in [-0.2, -0.15) is 4.98 Å². The normalized spacial score (nSPS) is 26.9. The van der Waals surface area contributed by atoms with Crippen LogP contribution >= 0.6 is 11.8 Å². The molecule has 1 aromatic heterocycles. The van der Waals surface area contributed by atoms with Crippen LogP contribution in [0.15, 0.2) is 17.1 Å². The fraction of sp³-hybridized carbons (Fsp3) is 0.500. The Morgan fingerprint density at radius 2 is 2.56 bits per heavy atom. The van der Waals surface area contributed by atoms with Crippen molar-refractivity contribution >= 4 is 17.6 Å². The zero-order valence-corrected chi connectivity index (χ0v) is 8.93. The first-order valence-electron chi connectivity index (χ1n) is 4.52. The predicted molar refractivity (Wildman–Crippen MR) is 56.4 cm³/mol. The zero-order chi connectivity index (χ0) is 11.7.